The number of alkyl carbamates (subject to hydrolysis) is 1. The van der Waals surface area contributed by atoms with Crippen LogP contribution in [0.25, 0.3) is 0 Å². The first-order chi connectivity index (χ1) is 12.2. The van der Waals surface area contributed by atoms with Crippen LogP contribution in [0.3, 0.4) is 0 Å². The van der Waals surface area contributed by atoms with Crippen LogP contribution in [0.2, 0.25) is 0 Å². The molecule has 1 fully saturated rings. The van der Waals surface area contributed by atoms with Gasteiger partial charge in [0, 0.05) is 0 Å². The van der Waals surface area contributed by atoms with Gasteiger partial charge in [-0.2, -0.15) is 0 Å². The van der Waals surface area contributed by atoms with Crippen molar-refractivity contribution in [3.8, 4) is 0 Å². The highest BCUT2D eigenvalue weighted by atomic mass is 16.6. The molecule has 1 aliphatic rings. The fourth-order valence-corrected chi connectivity index (χ4v) is 2.96. The topological polar surface area (TPSA) is 47.6 Å². The van der Waals surface area contributed by atoms with E-state index >= 15 is 0 Å². The average molecular weight is 345 g/mol. The van der Waals surface area contributed by atoms with Gasteiger partial charge < -0.3 is 14.8 Å². The van der Waals surface area contributed by atoms with Crippen molar-refractivity contribution in [2.24, 2.45) is 0 Å². The number of unbranched alkanes of at least 4 members (excludes halogenated alkanes) is 6. The standard InChI is InChI=1S/C21H31NO3/c1-2-3-4-5-6-7-8-12-15-21(18-25-20(23)22-21)17-24-16-19-13-10-9-11-14-19/h9-15H,2-8,16-18H2,1H3,(H,22,23)/b15-12+/t21-/m0/s1. The molecule has 0 unspecified atom stereocenters. The molecule has 1 N–H and O–H groups in total. The zero-order chi connectivity index (χ0) is 17.8. The van der Waals surface area contributed by atoms with Gasteiger partial charge in [0.1, 0.15) is 12.1 Å². The molecule has 4 nitrogen and oxygen atoms in total. The molecule has 138 valence electrons. The van der Waals surface area contributed by atoms with E-state index in [4.69, 9.17) is 9.47 Å². The lowest BCUT2D eigenvalue weighted by Gasteiger charge is -2.22. The fourth-order valence-electron chi connectivity index (χ4n) is 2.96. The van der Waals surface area contributed by atoms with E-state index in [0.717, 1.165) is 12.0 Å². The van der Waals surface area contributed by atoms with Crippen LogP contribution in [0.5, 0.6) is 0 Å². The lowest BCUT2D eigenvalue weighted by molar-refractivity contribution is 0.0759. The van der Waals surface area contributed by atoms with E-state index in [-0.39, 0.29) is 6.09 Å². The van der Waals surface area contributed by atoms with Gasteiger partial charge in [-0.1, -0.05) is 81.5 Å². The second-order valence-electron chi connectivity index (χ2n) is 6.79. The maximum Gasteiger partial charge on any atom is 0.408 e. The number of hydrogen-bond donors (Lipinski definition) is 1. The van der Waals surface area contributed by atoms with E-state index < -0.39 is 5.54 Å². The first kappa shape index (κ1) is 19.5. The maximum atomic E-state index is 11.5. The third-order valence-corrected chi connectivity index (χ3v) is 4.44. The minimum absolute atomic E-state index is 0.327. The van der Waals surface area contributed by atoms with Gasteiger partial charge in [0.15, 0.2) is 0 Å². The lowest BCUT2D eigenvalue weighted by atomic mass is 10.0. The Morgan fingerprint density at radius 1 is 1.16 bits per heavy atom. The Morgan fingerprint density at radius 2 is 1.92 bits per heavy atom. The molecule has 1 aromatic rings. The van der Waals surface area contributed by atoms with Gasteiger partial charge in [-0.25, -0.2) is 4.79 Å². The van der Waals surface area contributed by atoms with Crippen LogP contribution in [0, 0.1) is 0 Å². The molecule has 1 saturated heterocycles. The van der Waals surface area contributed by atoms with Crippen molar-refractivity contribution in [2.75, 3.05) is 13.2 Å². The van der Waals surface area contributed by atoms with Gasteiger partial charge in [0.25, 0.3) is 0 Å². The zero-order valence-electron chi connectivity index (χ0n) is 15.3. The molecule has 0 spiro atoms. The molecule has 0 bridgehead atoms. The highest BCUT2D eigenvalue weighted by molar-refractivity contribution is 5.71. The molecule has 0 aliphatic carbocycles. The number of ether oxygens (including phenoxy) is 2. The van der Waals surface area contributed by atoms with Crippen molar-refractivity contribution in [1.82, 2.24) is 5.32 Å². The van der Waals surface area contributed by atoms with Crippen molar-refractivity contribution >= 4 is 6.09 Å². The van der Waals surface area contributed by atoms with Crippen molar-refractivity contribution < 1.29 is 14.3 Å². The number of hydrogen-bond acceptors (Lipinski definition) is 3. The van der Waals surface area contributed by atoms with Gasteiger partial charge in [-0.3, -0.25) is 0 Å². The van der Waals surface area contributed by atoms with E-state index in [9.17, 15) is 4.79 Å². The summed E-state index contributed by atoms with van der Waals surface area (Å²) >= 11 is 0. The van der Waals surface area contributed by atoms with E-state index in [0.29, 0.717) is 19.8 Å². The second kappa shape index (κ2) is 10.9. The number of allylic oxidation sites excluding steroid dienone is 1. The molecule has 4 heteroatoms. The average Bonchev–Trinajstić information content (AvgIpc) is 2.99. The monoisotopic (exact) mass is 345 g/mol. The molecule has 0 aromatic heterocycles. The number of carbonyl (C=O) groups excluding carboxylic acids is 1. The van der Waals surface area contributed by atoms with Crippen LogP contribution in [-0.4, -0.2) is 24.8 Å². The van der Waals surface area contributed by atoms with Crippen LogP contribution in [0.1, 0.15) is 57.4 Å². The third-order valence-electron chi connectivity index (χ3n) is 4.44. The minimum Gasteiger partial charge on any atom is -0.447 e. The number of benzene rings is 1. The predicted molar refractivity (Wildman–Crippen MR) is 100 cm³/mol. The quantitative estimate of drug-likeness (QED) is 0.429. The first-order valence-electron chi connectivity index (χ1n) is 9.48. The van der Waals surface area contributed by atoms with E-state index in [2.05, 4.69) is 24.4 Å². The van der Waals surface area contributed by atoms with E-state index in [1.165, 1.54) is 38.5 Å². The van der Waals surface area contributed by atoms with Crippen LogP contribution in [0.15, 0.2) is 42.5 Å². The van der Waals surface area contributed by atoms with Crippen molar-refractivity contribution in [3.63, 3.8) is 0 Å². The summed E-state index contributed by atoms with van der Waals surface area (Å²) in [6, 6.07) is 10.0. The Balaban J connectivity index is 1.73. The summed E-state index contributed by atoms with van der Waals surface area (Å²) in [6.45, 7) is 3.51. The van der Waals surface area contributed by atoms with Gasteiger partial charge in [0.2, 0.25) is 0 Å². The molecule has 2 rings (SSSR count). The molecule has 1 aromatic carbocycles. The fraction of sp³-hybridized carbons (Fsp3) is 0.571. The zero-order valence-corrected chi connectivity index (χ0v) is 15.3. The van der Waals surface area contributed by atoms with Crippen LogP contribution in [-0.2, 0) is 16.1 Å². The normalized spacial score (nSPS) is 20.0. The van der Waals surface area contributed by atoms with Gasteiger partial charge in [0.05, 0.1) is 13.2 Å². The van der Waals surface area contributed by atoms with Crippen molar-refractivity contribution in [2.45, 2.75) is 64.0 Å². The van der Waals surface area contributed by atoms with Gasteiger partial charge in [-0.05, 0) is 18.4 Å². The van der Waals surface area contributed by atoms with E-state index in [1.54, 1.807) is 0 Å². The first-order valence-corrected chi connectivity index (χ1v) is 9.48. The lowest BCUT2D eigenvalue weighted by Crippen LogP contribution is -2.45. The highest BCUT2D eigenvalue weighted by Gasteiger charge is 2.37. The third kappa shape index (κ3) is 7.30. The SMILES string of the molecule is CCCCCCCC/C=C/[C@]1(COCc2ccccc2)COC(=O)N1. The van der Waals surface area contributed by atoms with Crippen molar-refractivity contribution in [3.05, 3.63) is 48.0 Å². The van der Waals surface area contributed by atoms with E-state index in [1.807, 2.05) is 30.3 Å². The number of carbonyl (C=O) groups is 1. The Bertz CT molecular complexity index is 529. The minimum atomic E-state index is -0.534. The Morgan fingerprint density at radius 3 is 2.64 bits per heavy atom. The molecule has 0 radical (unpaired) electrons. The Labute approximate surface area is 151 Å². The number of amides is 1. The molecule has 1 atom stereocenters. The Kier molecular flexibility index (Phi) is 8.53. The summed E-state index contributed by atoms with van der Waals surface area (Å²) in [4.78, 5) is 11.5. The molecule has 1 aliphatic heterocycles. The number of rotatable bonds is 12. The van der Waals surface area contributed by atoms with Crippen LogP contribution >= 0.6 is 0 Å². The molecule has 25 heavy (non-hydrogen) atoms. The number of cyclic esters (lactones) is 1. The molecular formula is C21H31NO3. The number of nitrogens with one attached hydrogen (secondary N) is 1. The molecular weight excluding hydrogens is 314 g/mol. The summed E-state index contributed by atoms with van der Waals surface area (Å²) in [5.41, 5.74) is 0.590. The maximum absolute atomic E-state index is 11.5. The molecule has 1 heterocycles. The van der Waals surface area contributed by atoms with Crippen LogP contribution in [0.4, 0.5) is 4.79 Å². The largest absolute Gasteiger partial charge is 0.447 e. The summed E-state index contributed by atoms with van der Waals surface area (Å²) in [7, 11) is 0. The smallest absolute Gasteiger partial charge is 0.408 e. The molecule has 0 saturated carbocycles. The summed E-state index contributed by atoms with van der Waals surface area (Å²) in [5.74, 6) is 0. The summed E-state index contributed by atoms with van der Waals surface area (Å²) in [5, 5.41) is 2.90. The second-order valence-corrected chi connectivity index (χ2v) is 6.79. The van der Waals surface area contributed by atoms with Crippen molar-refractivity contribution in [1.29, 1.82) is 0 Å². The van der Waals surface area contributed by atoms with Crippen LogP contribution < -0.4 is 5.32 Å². The van der Waals surface area contributed by atoms with Gasteiger partial charge in [-0.15, -0.1) is 0 Å². The highest BCUT2D eigenvalue weighted by Crippen LogP contribution is 2.18. The summed E-state index contributed by atoms with van der Waals surface area (Å²) < 4.78 is 10.9. The van der Waals surface area contributed by atoms with Gasteiger partial charge >= 0.3 is 6.09 Å². The summed E-state index contributed by atoms with van der Waals surface area (Å²) in [6.07, 6.45) is 12.6. The molecule has 1 amide bonds. The Hall–Kier alpha value is -1.81. The predicted octanol–water partition coefficient (Wildman–Crippen LogP) is 4.99.